The number of hydrogen-bond donors (Lipinski definition) is 1. The van der Waals surface area contributed by atoms with Gasteiger partial charge < -0.3 is 10.1 Å². The number of imidazole rings is 1. The van der Waals surface area contributed by atoms with E-state index in [0.29, 0.717) is 0 Å². The average molecular weight is 308 g/mol. The first-order chi connectivity index (χ1) is 11.1. The van der Waals surface area contributed by atoms with Gasteiger partial charge in [0.05, 0.1) is 11.4 Å². The van der Waals surface area contributed by atoms with Crippen LogP contribution in [0.4, 0.5) is 5.69 Å². The van der Waals surface area contributed by atoms with E-state index in [0.717, 1.165) is 42.2 Å². The second-order valence-electron chi connectivity index (χ2n) is 5.92. The second-order valence-corrected chi connectivity index (χ2v) is 5.92. The zero-order chi connectivity index (χ0) is 16.4. The molecule has 0 saturated carbocycles. The van der Waals surface area contributed by atoms with E-state index in [2.05, 4.69) is 60.5 Å². The lowest BCUT2D eigenvalue weighted by Crippen LogP contribution is -2.23. The van der Waals surface area contributed by atoms with Crippen LogP contribution in [0.25, 0.3) is 16.9 Å². The van der Waals surface area contributed by atoms with Gasteiger partial charge in [-0.1, -0.05) is 26.0 Å². The van der Waals surface area contributed by atoms with E-state index in [1.807, 2.05) is 12.1 Å². The second kappa shape index (κ2) is 6.42. The molecule has 4 nitrogen and oxygen atoms in total. The Labute approximate surface area is 137 Å². The number of anilines is 1. The van der Waals surface area contributed by atoms with E-state index in [1.54, 1.807) is 0 Å². The molecule has 0 radical (unpaired) electrons. The molecule has 1 aromatic carbocycles. The number of nitrogens with two attached hydrogens (primary N) is 1. The first kappa shape index (κ1) is 15.6. The highest BCUT2D eigenvalue weighted by atomic mass is 15.1. The molecule has 2 aromatic heterocycles. The largest absolute Gasteiger partial charge is 0.399 e. The quantitative estimate of drug-likeness (QED) is 0.731. The number of nitrogen functional groups attached to an aromatic ring is 1. The molecule has 0 saturated heterocycles. The lowest BCUT2D eigenvalue weighted by Gasteiger charge is -2.18. The Morgan fingerprint density at radius 2 is 1.78 bits per heavy atom. The van der Waals surface area contributed by atoms with E-state index in [4.69, 9.17) is 10.7 Å². The van der Waals surface area contributed by atoms with Gasteiger partial charge in [-0.15, -0.1) is 0 Å². The topological polar surface area (TPSA) is 46.6 Å². The first-order valence-corrected chi connectivity index (χ1v) is 8.18. The van der Waals surface area contributed by atoms with Crippen LogP contribution in [0.5, 0.6) is 0 Å². The van der Waals surface area contributed by atoms with Crippen molar-refractivity contribution in [3.63, 3.8) is 0 Å². The molecule has 0 bridgehead atoms. The maximum absolute atomic E-state index is 5.83. The zero-order valence-electron chi connectivity index (χ0n) is 14.1. The minimum absolute atomic E-state index is 0.777. The van der Waals surface area contributed by atoms with Crippen LogP contribution in [0.1, 0.15) is 25.1 Å². The predicted molar refractivity (Wildman–Crippen MR) is 96.4 cm³/mol. The molecular weight excluding hydrogens is 284 g/mol. The van der Waals surface area contributed by atoms with Crippen LogP contribution in [-0.2, 0) is 6.54 Å². The Kier molecular flexibility index (Phi) is 4.35. The first-order valence-electron chi connectivity index (χ1n) is 8.18. The summed E-state index contributed by atoms with van der Waals surface area (Å²) in [5, 5.41) is 0. The maximum atomic E-state index is 5.83. The van der Waals surface area contributed by atoms with Crippen molar-refractivity contribution >= 4 is 11.3 Å². The summed E-state index contributed by atoms with van der Waals surface area (Å²) < 4.78 is 2.21. The Balaban J connectivity index is 2.16. The van der Waals surface area contributed by atoms with Gasteiger partial charge >= 0.3 is 0 Å². The fourth-order valence-electron chi connectivity index (χ4n) is 2.88. The summed E-state index contributed by atoms with van der Waals surface area (Å²) in [7, 11) is 0. The Morgan fingerprint density at radius 1 is 1.09 bits per heavy atom. The highest BCUT2D eigenvalue weighted by Crippen LogP contribution is 2.26. The minimum Gasteiger partial charge on any atom is -0.399 e. The van der Waals surface area contributed by atoms with Crippen molar-refractivity contribution in [1.82, 2.24) is 14.3 Å². The van der Waals surface area contributed by atoms with Gasteiger partial charge in [0.15, 0.2) is 0 Å². The average Bonchev–Trinajstić information content (AvgIpc) is 2.90. The summed E-state index contributed by atoms with van der Waals surface area (Å²) in [6.45, 7) is 9.42. The molecule has 4 heteroatoms. The summed E-state index contributed by atoms with van der Waals surface area (Å²) >= 11 is 0. The van der Waals surface area contributed by atoms with Crippen LogP contribution in [0.3, 0.4) is 0 Å². The van der Waals surface area contributed by atoms with Gasteiger partial charge in [-0.2, -0.15) is 0 Å². The van der Waals surface area contributed by atoms with E-state index in [-0.39, 0.29) is 0 Å². The highest BCUT2D eigenvalue weighted by molar-refractivity contribution is 5.68. The lowest BCUT2D eigenvalue weighted by molar-refractivity contribution is 0.292. The van der Waals surface area contributed by atoms with Gasteiger partial charge in [0.25, 0.3) is 0 Å². The van der Waals surface area contributed by atoms with Gasteiger partial charge in [0.2, 0.25) is 0 Å². The standard InChI is InChI=1S/C19H24N4/c1-4-22(5-2)13-17-19(15-6-8-16(20)9-7-15)21-18-12-14(3)10-11-23(17)18/h6-12H,4-5,13,20H2,1-3H3. The monoisotopic (exact) mass is 308 g/mol. The third kappa shape index (κ3) is 3.08. The van der Waals surface area contributed by atoms with Crippen LogP contribution >= 0.6 is 0 Å². The number of nitrogens with zero attached hydrogens (tertiary/aromatic N) is 3. The third-order valence-corrected chi connectivity index (χ3v) is 4.33. The number of fused-ring (bicyclic) bond motifs is 1. The van der Waals surface area contributed by atoms with Crippen LogP contribution in [0.15, 0.2) is 42.6 Å². The molecule has 3 aromatic rings. The molecule has 120 valence electrons. The van der Waals surface area contributed by atoms with E-state index >= 15 is 0 Å². The minimum atomic E-state index is 0.777. The lowest BCUT2D eigenvalue weighted by atomic mass is 10.1. The zero-order valence-corrected chi connectivity index (χ0v) is 14.1. The van der Waals surface area contributed by atoms with Gasteiger partial charge in [-0.3, -0.25) is 4.90 Å². The highest BCUT2D eigenvalue weighted by Gasteiger charge is 2.16. The van der Waals surface area contributed by atoms with E-state index in [1.165, 1.54) is 11.3 Å². The molecule has 0 atom stereocenters. The summed E-state index contributed by atoms with van der Waals surface area (Å²) in [6.07, 6.45) is 2.12. The molecule has 23 heavy (non-hydrogen) atoms. The summed E-state index contributed by atoms with van der Waals surface area (Å²) in [5.41, 5.74) is 12.2. The number of rotatable bonds is 5. The van der Waals surface area contributed by atoms with Crippen molar-refractivity contribution in [2.75, 3.05) is 18.8 Å². The Bertz CT molecular complexity index is 798. The normalized spacial score (nSPS) is 11.5. The van der Waals surface area contributed by atoms with Gasteiger partial charge in [-0.25, -0.2) is 4.98 Å². The number of hydrogen-bond acceptors (Lipinski definition) is 3. The molecule has 0 aliphatic heterocycles. The van der Waals surface area contributed by atoms with Crippen LogP contribution in [0.2, 0.25) is 0 Å². The van der Waals surface area contributed by atoms with Crippen molar-refractivity contribution < 1.29 is 0 Å². The molecular formula is C19H24N4. The molecule has 2 N–H and O–H groups in total. The van der Waals surface area contributed by atoms with E-state index < -0.39 is 0 Å². The molecule has 0 fully saturated rings. The number of aryl methyl sites for hydroxylation is 1. The van der Waals surface area contributed by atoms with Crippen LogP contribution in [0, 0.1) is 6.92 Å². The summed E-state index contributed by atoms with van der Waals surface area (Å²) in [6, 6.07) is 12.2. The van der Waals surface area contributed by atoms with Gasteiger partial charge in [-0.05, 0) is 49.8 Å². The molecule has 3 rings (SSSR count). The van der Waals surface area contributed by atoms with Crippen LogP contribution in [-0.4, -0.2) is 27.4 Å². The summed E-state index contributed by atoms with van der Waals surface area (Å²) in [5.74, 6) is 0. The third-order valence-electron chi connectivity index (χ3n) is 4.33. The molecule has 0 aliphatic carbocycles. The van der Waals surface area contributed by atoms with Gasteiger partial charge in [0.1, 0.15) is 5.65 Å². The van der Waals surface area contributed by atoms with Gasteiger partial charge in [0, 0.05) is 24.0 Å². The van der Waals surface area contributed by atoms with Crippen molar-refractivity contribution in [3.8, 4) is 11.3 Å². The maximum Gasteiger partial charge on any atom is 0.137 e. The summed E-state index contributed by atoms with van der Waals surface area (Å²) in [4.78, 5) is 7.30. The SMILES string of the molecule is CCN(CC)Cc1c(-c2ccc(N)cc2)nc2cc(C)ccn12. The predicted octanol–water partition coefficient (Wildman–Crippen LogP) is 3.73. The fraction of sp³-hybridized carbons (Fsp3) is 0.316. The molecule has 0 unspecified atom stereocenters. The smallest absolute Gasteiger partial charge is 0.137 e. The van der Waals surface area contributed by atoms with Crippen molar-refractivity contribution in [2.24, 2.45) is 0 Å². The fourth-order valence-corrected chi connectivity index (χ4v) is 2.88. The number of aromatic nitrogens is 2. The molecule has 2 heterocycles. The Hall–Kier alpha value is -2.33. The van der Waals surface area contributed by atoms with E-state index in [9.17, 15) is 0 Å². The van der Waals surface area contributed by atoms with Crippen LogP contribution < -0.4 is 5.73 Å². The van der Waals surface area contributed by atoms with Crippen molar-refractivity contribution in [3.05, 3.63) is 53.9 Å². The molecule has 0 spiro atoms. The number of pyridine rings is 1. The number of benzene rings is 1. The molecule has 0 amide bonds. The Morgan fingerprint density at radius 3 is 2.43 bits per heavy atom. The van der Waals surface area contributed by atoms with Crippen molar-refractivity contribution in [1.29, 1.82) is 0 Å². The molecule has 0 aliphatic rings. The van der Waals surface area contributed by atoms with Crippen molar-refractivity contribution in [2.45, 2.75) is 27.3 Å².